The van der Waals surface area contributed by atoms with E-state index in [-0.39, 0.29) is 12.3 Å². The van der Waals surface area contributed by atoms with Crippen LogP contribution in [0.5, 0.6) is 0 Å². The van der Waals surface area contributed by atoms with Crippen LogP contribution >= 0.6 is 23.2 Å². The predicted octanol–water partition coefficient (Wildman–Crippen LogP) is 2.37. The third-order valence-electron chi connectivity index (χ3n) is 4.09. The Labute approximate surface area is 165 Å². The predicted molar refractivity (Wildman–Crippen MR) is 102 cm³/mol. The number of non-ortho nitro benzene ring substituents is 1. The van der Waals surface area contributed by atoms with E-state index in [0.717, 1.165) is 5.46 Å². The Bertz CT molecular complexity index is 807. The molecule has 2 aromatic rings. The average molecular weight is 409 g/mol. The van der Waals surface area contributed by atoms with Crippen molar-refractivity contribution in [3.05, 3.63) is 70.3 Å². The van der Waals surface area contributed by atoms with Crippen molar-refractivity contribution in [3.63, 3.8) is 0 Å². The van der Waals surface area contributed by atoms with Gasteiger partial charge in [-0.1, -0.05) is 53.5 Å². The first-order chi connectivity index (χ1) is 13.0. The summed E-state index contributed by atoms with van der Waals surface area (Å²) in [5.74, 6) is -0.569. The van der Waals surface area contributed by atoms with Gasteiger partial charge in [0.05, 0.1) is 23.7 Å². The number of carbonyl (C=O) groups excluding carboxylic acids is 1. The fraction of sp³-hybridized carbons (Fsp3) is 0.235. The van der Waals surface area contributed by atoms with Crippen LogP contribution in [0.25, 0.3) is 0 Å². The van der Waals surface area contributed by atoms with Crippen LogP contribution in [0.1, 0.15) is 11.7 Å². The molecule has 2 atom stereocenters. The van der Waals surface area contributed by atoms with Gasteiger partial charge in [-0.3, -0.25) is 14.9 Å². The number of carbonyl (C=O) groups is 1. The largest absolute Gasteiger partial charge is 0.494 e. The van der Waals surface area contributed by atoms with Crippen LogP contribution in [0.15, 0.2) is 54.6 Å². The summed E-state index contributed by atoms with van der Waals surface area (Å²) in [5.41, 5.74) is 1.45. The summed E-state index contributed by atoms with van der Waals surface area (Å²) in [5, 5.41) is 13.6. The molecule has 7 nitrogen and oxygen atoms in total. The number of nitro groups is 1. The van der Waals surface area contributed by atoms with Gasteiger partial charge in [0.2, 0.25) is 0 Å². The van der Waals surface area contributed by atoms with Gasteiger partial charge in [-0.25, -0.2) is 0 Å². The Morgan fingerprint density at radius 2 is 1.85 bits per heavy atom. The van der Waals surface area contributed by atoms with Crippen molar-refractivity contribution in [2.45, 2.75) is 17.0 Å². The monoisotopic (exact) mass is 408 g/mol. The first-order valence-electron chi connectivity index (χ1n) is 8.10. The molecule has 1 aliphatic rings. The van der Waals surface area contributed by atoms with Gasteiger partial charge in [-0.15, -0.1) is 0 Å². The summed E-state index contributed by atoms with van der Waals surface area (Å²) >= 11 is 11.2. The summed E-state index contributed by atoms with van der Waals surface area (Å²) in [6.07, 6.45) is -0.596. The molecule has 3 rings (SSSR count). The standard InChI is InChI=1S/C17H15BCl2N2O5/c19-16(20)17(23)21-14-10-26-18(12-4-2-1-3-5-12)27-15(14)11-6-8-13(9-7-11)22(24)25/h1-9,14-16H,10H2,(H,21,23)/t14-,15-/m1/s1. The third-order valence-corrected chi connectivity index (χ3v) is 4.49. The van der Waals surface area contributed by atoms with Gasteiger partial charge in [0.1, 0.15) is 0 Å². The Kier molecular flexibility index (Phi) is 6.33. The number of benzene rings is 2. The van der Waals surface area contributed by atoms with Crippen molar-refractivity contribution >= 4 is 47.4 Å². The molecule has 1 aliphatic heterocycles. The first kappa shape index (κ1) is 19.6. The molecular formula is C17H15BCl2N2O5. The van der Waals surface area contributed by atoms with Gasteiger partial charge in [0.15, 0.2) is 4.84 Å². The number of nitro benzene ring substituents is 1. The SMILES string of the molecule is O=C(N[C@@H]1COB(c2ccccc2)O[C@@H]1c1ccc([N+](=O)[O-])cc1)C(Cl)Cl. The van der Waals surface area contributed by atoms with Crippen molar-refractivity contribution in [3.8, 4) is 0 Å². The van der Waals surface area contributed by atoms with Crippen molar-refractivity contribution in [1.29, 1.82) is 0 Å². The maximum Gasteiger partial charge on any atom is 0.494 e. The molecule has 140 valence electrons. The summed E-state index contributed by atoms with van der Waals surface area (Å²) < 4.78 is 11.8. The Morgan fingerprint density at radius 3 is 2.44 bits per heavy atom. The summed E-state index contributed by atoms with van der Waals surface area (Å²) in [6, 6.07) is 14.7. The number of hydrogen-bond acceptors (Lipinski definition) is 5. The first-order valence-corrected chi connectivity index (χ1v) is 8.98. The van der Waals surface area contributed by atoms with Crippen LogP contribution in [0, 0.1) is 10.1 Å². The molecule has 0 aromatic heterocycles. The second kappa shape index (κ2) is 8.71. The van der Waals surface area contributed by atoms with Crippen LogP contribution in [0.3, 0.4) is 0 Å². The zero-order valence-electron chi connectivity index (χ0n) is 14.0. The zero-order valence-corrected chi connectivity index (χ0v) is 15.5. The molecule has 1 amide bonds. The van der Waals surface area contributed by atoms with Gasteiger partial charge in [0, 0.05) is 12.1 Å². The molecule has 0 saturated carbocycles. The number of rotatable bonds is 5. The molecule has 0 bridgehead atoms. The molecule has 1 N–H and O–H groups in total. The molecule has 1 heterocycles. The number of nitrogens with zero attached hydrogens (tertiary/aromatic N) is 1. The second-order valence-corrected chi connectivity index (χ2v) is 6.99. The van der Waals surface area contributed by atoms with E-state index >= 15 is 0 Å². The lowest BCUT2D eigenvalue weighted by atomic mass is 9.76. The topological polar surface area (TPSA) is 90.7 Å². The molecule has 0 unspecified atom stereocenters. The van der Waals surface area contributed by atoms with E-state index in [1.54, 1.807) is 12.1 Å². The fourth-order valence-corrected chi connectivity index (χ4v) is 2.92. The third kappa shape index (κ3) is 4.78. The summed E-state index contributed by atoms with van der Waals surface area (Å²) in [7, 11) is -0.637. The number of halogens is 2. The van der Waals surface area contributed by atoms with Gasteiger partial charge in [0.25, 0.3) is 11.6 Å². The molecule has 0 spiro atoms. The van der Waals surface area contributed by atoms with Gasteiger partial charge in [-0.2, -0.15) is 0 Å². The van der Waals surface area contributed by atoms with E-state index in [9.17, 15) is 14.9 Å². The average Bonchev–Trinajstić information content (AvgIpc) is 2.69. The molecule has 1 fully saturated rings. The van der Waals surface area contributed by atoms with Crippen LogP contribution < -0.4 is 10.8 Å². The van der Waals surface area contributed by atoms with Gasteiger partial charge >= 0.3 is 7.12 Å². The lowest BCUT2D eigenvalue weighted by Gasteiger charge is -2.36. The number of hydrogen-bond donors (Lipinski definition) is 1. The molecular weight excluding hydrogens is 394 g/mol. The Hall–Kier alpha value is -2.13. The normalized spacial score (nSPS) is 19.7. The summed E-state index contributed by atoms with van der Waals surface area (Å²) in [4.78, 5) is 21.1. The second-order valence-electron chi connectivity index (χ2n) is 5.90. The van der Waals surface area contributed by atoms with Gasteiger partial charge in [-0.05, 0) is 23.2 Å². The van der Waals surface area contributed by atoms with E-state index in [1.165, 1.54) is 12.1 Å². The molecule has 0 radical (unpaired) electrons. The minimum absolute atomic E-state index is 0.0346. The van der Waals surface area contributed by atoms with Crippen molar-refractivity contribution in [2.24, 2.45) is 0 Å². The zero-order chi connectivity index (χ0) is 19.4. The molecule has 0 aliphatic carbocycles. The Morgan fingerprint density at radius 1 is 1.19 bits per heavy atom. The lowest BCUT2D eigenvalue weighted by molar-refractivity contribution is -0.384. The fourth-order valence-electron chi connectivity index (χ4n) is 2.79. The van der Waals surface area contributed by atoms with E-state index in [2.05, 4.69) is 5.32 Å². The highest BCUT2D eigenvalue weighted by Crippen LogP contribution is 2.28. The van der Waals surface area contributed by atoms with E-state index in [0.29, 0.717) is 5.56 Å². The highest BCUT2D eigenvalue weighted by molar-refractivity contribution is 6.61. The minimum Gasteiger partial charge on any atom is -0.405 e. The summed E-state index contributed by atoms with van der Waals surface area (Å²) in [6.45, 7) is 0.160. The quantitative estimate of drug-likeness (QED) is 0.355. The molecule has 10 heteroatoms. The number of nitrogens with one attached hydrogen (secondary N) is 1. The number of alkyl halides is 2. The van der Waals surface area contributed by atoms with Crippen molar-refractivity contribution in [1.82, 2.24) is 5.32 Å². The van der Waals surface area contributed by atoms with Crippen LogP contribution in [0.4, 0.5) is 5.69 Å². The highest BCUT2D eigenvalue weighted by Gasteiger charge is 2.38. The number of amides is 1. The van der Waals surface area contributed by atoms with E-state index < -0.39 is 34.9 Å². The van der Waals surface area contributed by atoms with Crippen LogP contribution in [-0.4, -0.2) is 35.4 Å². The van der Waals surface area contributed by atoms with E-state index in [1.807, 2.05) is 30.3 Å². The molecule has 27 heavy (non-hydrogen) atoms. The highest BCUT2D eigenvalue weighted by atomic mass is 35.5. The van der Waals surface area contributed by atoms with E-state index in [4.69, 9.17) is 32.5 Å². The van der Waals surface area contributed by atoms with Crippen molar-refractivity contribution < 1.29 is 19.0 Å². The minimum atomic E-state index is -1.23. The van der Waals surface area contributed by atoms with Crippen LogP contribution in [0.2, 0.25) is 0 Å². The smallest absolute Gasteiger partial charge is 0.405 e. The van der Waals surface area contributed by atoms with Crippen molar-refractivity contribution in [2.75, 3.05) is 6.61 Å². The Balaban J connectivity index is 1.86. The molecule has 2 aromatic carbocycles. The lowest BCUT2D eigenvalue weighted by Crippen LogP contribution is -2.54. The maximum absolute atomic E-state index is 11.9. The maximum atomic E-state index is 11.9. The van der Waals surface area contributed by atoms with Gasteiger partial charge < -0.3 is 14.6 Å². The molecule has 1 saturated heterocycles. The van der Waals surface area contributed by atoms with Crippen LogP contribution in [-0.2, 0) is 14.1 Å².